The van der Waals surface area contributed by atoms with Crippen molar-refractivity contribution in [1.29, 1.82) is 0 Å². The third-order valence-corrected chi connectivity index (χ3v) is 4.57. The fourth-order valence-corrected chi connectivity index (χ4v) is 3.37. The maximum absolute atomic E-state index is 13.9. The number of benzene rings is 2. The lowest BCUT2D eigenvalue weighted by Gasteiger charge is -2.23. The average molecular weight is 364 g/mol. The first-order valence-corrected chi connectivity index (χ1v) is 8.53. The molecule has 0 radical (unpaired) electrons. The van der Waals surface area contributed by atoms with Crippen LogP contribution in [0.4, 0.5) is 15.8 Å². The van der Waals surface area contributed by atoms with Crippen LogP contribution in [0.2, 0.25) is 0 Å². The van der Waals surface area contributed by atoms with Crippen molar-refractivity contribution in [3.8, 4) is 5.69 Å². The predicted molar refractivity (Wildman–Crippen MR) is 99.2 cm³/mol. The first-order chi connectivity index (χ1) is 13.0. The summed E-state index contributed by atoms with van der Waals surface area (Å²) in [6, 6.07) is 13.1. The zero-order valence-electron chi connectivity index (χ0n) is 14.6. The molecule has 0 bridgehead atoms. The van der Waals surface area contributed by atoms with Crippen LogP contribution in [0.25, 0.3) is 5.69 Å². The van der Waals surface area contributed by atoms with Gasteiger partial charge in [0.1, 0.15) is 17.5 Å². The number of para-hydroxylation sites is 2. The van der Waals surface area contributed by atoms with Crippen LogP contribution in [0.3, 0.4) is 0 Å². The van der Waals surface area contributed by atoms with E-state index in [1.54, 1.807) is 18.2 Å². The number of rotatable bonds is 3. The number of fused-ring (bicyclic) bond motifs is 1. The van der Waals surface area contributed by atoms with Gasteiger partial charge in [0.2, 0.25) is 11.8 Å². The molecular weight excluding hydrogens is 347 g/mol. The minimum Gasteiger partial charge on any atom is -0.322 e. The summed E-state index contributed by atoms with van der Waals surface area (Å²) in [5.74, 6) is -0.913. The van der Waals surface area contributed by atoms with E-state index in [2.05, 4.69) is 10.4 Å². The number of carbonyl (C=O) groups excluding carboxylic acids is 2. The Kier molecular flexibility index (Phi) is 4.19. The lowest BCUT2D eigenvalue weighted by molar-refractivity contribution is -0.122. The Morgan fingerprint density at radius 2 is 1.81 bits per heavy atom. The third kappa shape index (κ3) is 3.08. The van der Waals surface area contributed by atoms with Gasteiger partial charge in [-0.25, -0.2) is 9.07 Å². The highest BCUT2D eigenvalue weighted by atomic mass is 19.1. The van der Waals surface area contributed by atoms with E-state index < -0.39 is 11.9 Å². The summed E-state index contributed by atoms with van der Waals surface area (Å²) < 4.78 is 15.3. The van der Waals surface area contributed by atoms with Crippen LogP contribution in [0.15, 0.2) is 60.9 Å². The fraction of sp³-hybridized carbons (Fsp3) is 0.150. The summed E-state index contributed by atoms with van der Waals surface area (Å²) in [7, 11) is 0. The number of nitrogens with one attached hydrogen (secondary N) is 1. The standard InChI is InChI=1S/C20H17FN4O2/c1-13(26)25-17-8-4-2-6-14(17)10-19(25)20(27)23-15-11-22-24(12-15)18-9-5-3-7-16(18)21/h2-9,11-12,19H,10H2,1H3,(H,23,27)/t19-/m0/s1. The molecule has 1 atom stereocenters. The van der Waals surface area contributed by atoms with Crippen molar-refractivity contribution in [1.82, 2.24) is 9.78 Å². The minimum atomic E-state index is -0.628. The molecule has 7 heteroatoms. The predicted octanol–water partition coefficient (Wildman–Crippen LogP) is 2.93. The zero-order valence-corrected chi connectivity index (χ0v) is 14.6. The van der Waals surface area contributed by atoms with Gasteiger partial charge >= 0.3 is 0 Å². The number of aromatic nitrogens is 2. The summed E-state index contributed by atoms with van der Waals surface area (Å²) in [5.41, 5.74) is 2.43. The molecule has 0 unspecified atom stereocenters. The van der Waals surface area contributed by atoms with Gasteiger partial charge in [-0.1, -0.05) is 30.3 Å². The highest BCUT2D eigenvalue weighted by Crippen LogP contribution is 2.32. The summed E-state index contributed by atoms with van der Waals surface area (Å²) in [6.07, 6.45) is 3.43. The molecule has 0 spiro atoms. The largest absolute Gasteiger partial charge is 0.322 e. The summed E-state index contributed by atoms with van der Waals surface area (Å²) in [4.78, 5) is 26.4. The quantitative estimate of drug-likeness (QED) is 0.777. The van der Waals surface area contributed by atoms with E-state index >= 15 is 0 Å². The highest BCUT2D eigenvalue weighted by Gasteiger charge is 2.36. The first-order valence-electron chi connectivity index (χ1n) is 8.53. The molecule has 0 aliphatic carbocycles. The minimum absolute atomic E-state index is 0.192. The molecule has 1 aliphatic heterocycles. The molecule has 136 valence electrons. The van der Waals surface area contributed by atoms with Crippen LogP contribution < -0.4 is 10.2 Å². The Labute approximate surface area is 155 Å². The molecule has 4 rings (SSSR count). The molecule has 2 aromatic carbocycles. The Morgan fingerprint density at radius 3 is 2.56 bits per heavy atom. The lowest BCUT2D eigenvalue weighted by Crippen LogP contribution is -2.44. The highest BCUT2D eigenvalue weighted by molar-refractivity contribution is 6.06. The topological polar surface area (TPSA) is 67.2 Å². The molecule has 2 heterocycles. The Bertz CT molecular complexity index is 1030. The normalized spacial score (nSPS) is 15.5. The molecule has 6 nitrogen and oxygen atoms in total. The Balaban J connectivity index is 1.55. The number of anilines is 2. The van der Waals surface area contributed by atoms with Crippen LogP contribution in [0, 0.1) is 5.82 Å². The monoisotopic (exact) mass is 364 g/mol. The van der Waals surface area contributed by atoms with Gasteiger partial charge in [0, 0.05) is 19.0 Å². The van der Waals surface area contributed by atoms with Gasteiger partial charge in [0.25, 0.3) is 0 Å². The van der Waals surface area contributed by atoms with Crippen molar-refractivity contribution >= 4 is 23.2 Å². The van der Waals surface area contributed by atoms with Gasteiger partial charge in [0.05, 0.1) is 18.1 Å². The van der Waals surface area contributed by atoms with Crippen LogP contribution in [-0.4, -0.2) is 27.6 Å². The third-order valence-electron chi connectivity index (χ3n) is 4.57. The van der Waals surface area contributed by atoms with Gasteiger partial charge in [-0.05, 0) is 23.8 Å². The maximum Gasteiger partial charge on any atom is 0.247 e. The van der Waals surface area contributed by atoms with Crippen LogP contribution >= 0.6 is 0 Å². The van der Waals surface area contributed by atoms with Crippen molar-refractivity contribution < 1.29 is 14.0 Å². The van der Waals surface area contributed by atoms with E-state index in [0.717, 1.165) is 11.3 Å². The molecule has 27 heavy (non-hydrogen) atoms. The van der Waals surface area contributed by atoms with Crippen LogP contribution in [0.5, 0.6) is 0 Å². The van der Waals surface area contributed by atoms with Crippen molar-refractivity contribution in [3.63, 3.8) is 0 Å². The van der Waals surface area contributed by atoms with Crippen LogP contribution in [-0.2, 0) is 16.0 Å². The van der Waals surface area contributed by atoms with E-state index in [9.17, 15) is 14.0 Å². The molecule has 1 aromatic heterocycles. The maximum atomic E-state index is 13.9. The second-order valence-corrected chi connectivity index (χ2v) is 6.35. The molecule has 0 saturated carbocycles. The van der Waals surface area contributed by atoms with Crippen molar-refractivity contribution in [2.24, 2.45) is 0 Å². The molecular formula is C20H17FN4O2. The van der Waals surface area contributed by atoms with Gasteiger partial charge < -0.3 is 5.32 Å². The van der Waals surface area contributed by atoms with Gasteiger partial charge in [-0.3, -0.25) is 14.5 Å². The number of carbonyl (C=O) groups is 2. The van der Waals surface area contributed by atoms with E-state index in [4.69, 9.17) is 0 Å². The molecule has 0 fully saturated rings. The van der Waals surface area contributed by atoms with Crippen LogP contribution in [0.1, 0.15) is 12.5 Å². The van der Waals surface area contributed by atoms with E-state index in [1.165, 1.54) is 35.0 Å². The second kappa shape index (κ2) is 6.68. The molecule has 2 amide bonds. The van der Waals surface area contributed by atoms with E-state index in [1.807, 2.05) is 24.3 Å². The SMILES string of the molecule is CC(=O)N1c2ccccc2C[C@H]1C(=O)Nc1cnn(-c2ccccc2F)c1. The second-order valence-electron chi connectivity index (χ2n) is 6.35. The van der Waals surface area contributed by atoms with Gasteiger partial charge in [-0.15, -0.1) is 0 Å². The Hall–Kier alpha value is -3.48. The van der Waals surface area contributed by atoms with Crippen molar-refractivity contribution in [2.75, 3.05) is 10.2 Å². The fourth-order valence-electron chi connectivity index (χ4n) is 3.37. The van der Waals surface area contributed by atoms with E-state index in [0.29, 0.717) is 12.1 Å². The first kappa shape index (κ1) is 17.0. The molecule has 0 saturated heterocycles. The van der Waals surface area contributed by atoms with Crippen molar-refractivity contribution in [3.05, 3.63) is 72.3 Å². The molecule has 1 N–H and O–H groups in total. The number of hydrogen-bond donors (Lipinski definition) is 1. The molecule has 1 aliphatic rings. The Morgan fingerprint density at radius 1 is 1.11 bits per heavy atom. The number of nitrogens with zero attached hydrogens (tertiary/aromatic N) is 3. The summed E-state index contributed by atoms with van der Waals surface area (Å²) >= 11 is 0. The number of amides is 2. The van der Waals surface area contributed by atoms with Gasteiger partial charge in [-0.2, -0.15) is 5.10 Å². The van der Waals surface area contributed by atoms with E-state index in [-0.39, 0.29) is 17.5 Å². The zero-order chi connectivity index (χ0) is 19.0. The smallest absolute Gasteiger partial charge is 0.247 e. The average Bonchev–Trinajstić information content (AvgIpc) is 3.26. The summed E-state index contributed by atoms with van der Waals surface area (Å²) in [5, 5.41) is 6.88. The molecule has 3 aromatic rings. The summed E-state index contributed by atoms with van der Waals surface area (Å²) in [6.45, 7) is 1.44. The number of hydrogen-bond acceptors (Lipinski definition) is 3. The lowest BCUT2D eigenvalue weighted by atomic mass is 10.1. The van der Waals surface area contributed by atoms with Crippen molar-refractivity contribution in [2.45, 2.75) is 19.4 Å². The van der Waals surface area contributed by atoms with Gasteiger partial charge in [0.15, 0.2) is 0 Å². The number of halogens is 1.